The molecule has 216 valence electrons. The summed E-state index contributed by atoms with van der Waals surface area (Å²) in [4.78, 5) is 33.1. The van der Waals surface area contributed by atoms with Gasteiger partial charge < -0.3 is 19.2 Å². The van der Waals surface area contributed by atoms with Crippen LogP contribution in [0.4, 0.5) is 5.69 Å². The van der Waals surface area contributed by atoms with Crippen molar-refractivity contribution in [1.82, 2.24) is 4.57 Å². The highest BCUT2D eigenvalue weighted by Gasteiger charge is 2.34. The number of methoxy groups -OCH3 is 2. The summed E-state index contributed by atoms with van der Waals surface area (Å²) in [5.74, 6) is 1.91. The molecule has 0 radical (unpaired) electrons. The van der Waals surface area contributed by atoms with Gasteiger partial charge in [-0.1, -0.05) is 57.6 Å². The molecule has 5 aromatic rings. The third-order valence-electron chi connectivity index (χ3n) is 7.06. The van der Waals surface area contributed by atoms with Gasteiger partial charge in [0, 0.05) is 33.4 Å². The molecule has 3 aromatic carbocycles. The number of thiazole rings is 1. The molecule has 0 spiro atoms. The zero-order valence-corrected chi connectivity index (χ0v) is 25.9. The van der Waals surface area contributed by atoms with E-state index in [1.807, 2.05) is 60.7 Å². The summed E-state index contributed by atoms with van der Waals surface area (Å²) >= 11 is 4.69. The van der Waals surface area contributed by atoms with Crippen molar-refractivity contribution < 1.29 is 18.7 Å². The average molecular weight is 657 g/mol. The summed E-state index contributed by atoms with van der Waals surface area (Å²) in [7, 11) is 3.11. The Morgan fingerprint density at radius 3 is 2.51 bits per heavy atom. The van der Waals surface area contributed by atoms with Crippen molar-refractivity contribution in [2.24, 2.45) is 4.99 Å². The fourth-order valence-corrected chi connectivity index (χ4v) is 6.29. The Bertz CT molecular complexity index is 2040. The molecule has 1 aliphatic heterocycles. The molecule has 6 rings (SSSR count). The highest BCUT2D eigenvalue weighted by Crippen LogP contribution is 2.37. The maximum atomic E-state index is 14.1. The van der Waals surface area contributed by atoms with E-state index in [1.165, 1.54) is 11.3 Å². The van der Waals surface area contributed by atoms with E-state index in [-0.39, 0.29) is 11.5 Å². The molecule has 0 bridgehead atoms. The van der Waals surface area contributed by atoms with Crippen LogP contribution in [0.15, 0.2) is 115 Å². The molecule has 3 heterocycles. The van der Waals surface area contributed by atoms with Crippen LogP contribution in [-0.2, 0) is 4.79 Å². The van der Waals surface area contributed by atoms with Crippen LogP contribution >= 0.6 is 27.3 Å². The summed E-state index contributed by atoms with van der Waals surface area (Å²) in [5, 5.41) is 2.96. The van der Waals surface area contributed by atoms with Crippen molar-refractivity contribution in [3.05, 3.63) is 132 Å². The number of furan rings is 1. The smallest absolute Gasteiger partial charge is 0.271 e. The summed E-state index contributed by atoms with van der Waals surface area (Å²) < 4.78 is 20.1. The monoisotopic (exact) mass is 655 g/mol. The number of nitrogens with one attached hydrogen (secondary N) is 1. The van der Waals surface area contributed by atoms with Crippen molar-refractivity contribution in [3.63, 3.8) is 0 Å². The molecule has 0 unspecified atom stereocenters. The van der Waals surface area contributed by atoms with Crippen LogP contribution in [0, 0.1) is 0 Å². The largest absolute Gasteiger partial charge is 0.497 e. The second kappa shape index (κ2) is 11.9. The fraction of sp³-hybridized carbons (Fsp3) is 0.121. The third kappa shape index (κ3) is 5.59. The van der Waals surface area contributed by atoms with E-state index < -0.39 is 6.04 Å². The van der Waals surface area contributed by atoms with Crippen LogP contribution in [0.1, 0.15) is 24.3 Å². The van der Waals surface area contributed by atoms with Crippen molar-refractivity contribution in [1.29, 1.82) is 0 Å². The van der Waals surface area contributed by atoms with Crippen LogP contribution < -0.4 is 29.7 Å². The first-order chi connectivity index (χ1) is 20.9. The number of allylic oxidation sites excluding steroid dienone is 1. The Morgan fingerprint density at radius 1 is 1.02 bits per heavy atom. The molecule has 43 heavy (non-hydrogen) atoms. The second-order valence-corrected chi connectivity index (χ2v) is 11.6. The van der Waals surface area contributed by atoms with Crippen molar-refractivity contribution >= 4 is 44.9 Å². The lowest BCUT2D eigenvalue weighted by Crippen LogP contribution is -2.40. The first-order valence-electron chi connectivity index (χ1n) is 13.3. The van der Waals surface area contributed by atoms with Gasteiger partial charge in [0.2, 0.25) is 0 Å². The van der Waals surface area contributed by atoms with E-state index >= 15 is 0 Å². The van der Waals surface area contributed by atoms with Crippen LogP contribution in [0.2, 0.25) is 0 Å². The van der Waals surface area contributed by atoms with E-state index in [0.29, 0.717) is 54.9 Å². The number of amides is 1. The number of carbonyl (C=O) groups is 1. The molecule has 1 amide bonds. The first kappa shape index (κ1) is 28.4. The van der Waals surface area contributed by atoms with E-state index in [0.717, 1.165) is 10.0 Å². The molecule has 0 saturated carbocycles. The van der Waals surface area contributed by atoms with Gasteiger partial charge in [0.1, 0.15) is 29.1 Å². The van der Waals surface area contributed by atoms with Gasteiger partial charge in [-0.2, -0.15) is 0 Å². The Balaban J connectivity index is 1.49. The van der Waals surface area contributed by atoms with Gasteiger partial charge in [-0.3, -0.25) is 14.2 Å². The highest BCUT2D eigenvalue weighted by molar-refractivity contribution is 9.10. The molecule has 2 aromatic heterocycles. The summed E-state index contributed by atoms with van der Waals surface area (Å²) in [6.45, 7) is 1.77. The second-order valence-electron chi connectivity index (χ2n) is 9.72. The normalized spacial score (nSPS) is 14.7. The minimum Gasteiger partial charge on any atom is -0.497 e. The lowest BCUT2D eigenvalue weighted by atomic mass is 9.94. The number of fused-ring (bicyclic) bond motifs is 1. The van der Waals surface area contributed by atoms with Crippen LogP contribution in [-0.4, -0.2) is 24.7 Å². The molecule has 10 heteroatoms. The highest BCUT2D eigenvalue weighted by atomic mass is 79.9. The number of ether oxygens (including phenoxy) is 2. The van der Waals surface area contributed by atoms with Gasteiger partial charge in [0.05, 0.1) is 30.0 Å². The lowest BCUT2D eigenvalue weighted by molar-refractivity contribution is -0.113. The Morgan fingerprint density at radius 2 is 1.79 bits per heavy atom. The molecule has 8 nitrogen and oxygen atoms in total. The van der Waals surface area contributed by atoms with Crippen LogP contribution in [0.5, 0.6) is 11.5 Å². The standard InChI is InChI=1S/C33H26BrN3O5S/c1-19-29(31(38)36-22-7-5-4-6-8-22)30(25-15-13-23(40-2)17-27(25)41-3)37-32(39)28(43-33(37)35-19)18-24-14-16-26(42-24)20-9-11-21(34)12-10-20/h4-18,30H,1-3H3,(H,36,38)/b28-18-/t30-/m1/s1. The lowest BCUT2D eigenvalue weighted by Gasteiger charge is -2.26. The SMILES string of the molecule is COc1ccc([C@@H]2C(C(=O)Nc3ccccc3)=C(C)N=c3s/c(=C\c4ccc(-c5ccc(Br)cc5)o4)c(=O)n32)c(OC)c1. The van der Waals surface area contributed by atoms with Crippen molar-refractivity contribution in [2.45, 2.75) is 13.0 Å². The number of hydrogen-bond donors (Lipinski definition) is 1. The van der Waals surface area contributed by atoms with Crippen LogP contribution in [0.25, 0.3) is 17.4 Å². The van der Waals surface area contributed by atoms with Crippen LogP contribution in [0.3, 0.4) is 0 Å². The Kier molecular flexibility index (Phi) is 7.88. The minimum atomic E-state index is -0.808. The van der Waals surface area contributed by atoms with Gasteiger partial charge in [-0.05, 0) is 55.5 Å². The maximum absolute atomic E-state index is 14.1. The average Bonchev–Trinajstić information content (AvgIpc) is 3.61. The quantitative estimate of drug-likeness (QED) is 0.235. The van der Waals surface area contributed by atoms with E-state index in [4.69, 9.17) is 18.9 Å². The zero-order valence-electron chi connectivity index (χ0n) is 23.5. The number of anilines is 1. The number of aromatic nitrogens is 1. The molecular formula is C33H26BrN3O5S. The van der Waals surface area contributed by atoms with Gasteiger partial charge in [-0.15, -0.1) is 0 Å². The predicted molar refractivity (Wildman–Crippen MR) is 170 cm³/mol. The van der Waals surface area contributed by atoms with Gasteiger partial charge in [0.25, 0.3) is 11.5 Å². The molecule has 1 aliphatic rings. The van der Waals surface area contributed by atoms with Crippen molar-refractivity contribution in [3.8, 4) is 22.8 Å². The Hall–Kier alpha value is -4.67. The van der Waals surface area contributed by atoms with E-state index in [9.17, 15) is 9.59 Å². The number of nitrogens with zero attached hydrogens (tertiary/aromatic N) is 2. The summed E-state index contributed by atoms with van der Waals surface area (Å²) in [6, 6.07) is 25.2. The molecule has 0 aliphatic carbocycles. The van der Waals surface area contributed by atoms with Gasteiger partial charge in [-0.25, -0.2) is 4.99 Å². The molecular weight excluding hydrogens is 630 g/mol. The molecule has 1 atom stereocenters. The van der Waals surface area contributed by atoms with Gasteiger partial charge >= 0.3 is 0 Å². The van der Waals surface area contributed by atoms with E-state index in [1.54, 1.807) is 56.1 Å². The first-order valence-corrected chi connectivity index (χ1v) is 14.9. The molecule has 1 N–H and O–H groups in total. The number of rotatable bonds is 7. The topological polar surface area (TPSA) is 95.1 Å². The maximum Gasteiger partial charge on any atom is 0.271 e. The summed E-state index contributed by atoms with van der Waals surface area (Å²) in [6.07, 6.45) is 1.71. The Labute approximate surface area is 259 Å². The molecule has 0 saturated heterocycles. The third-order valence-corrected chi connectivity index (χ3v) is 8.57. The van der Waals surface area contributed by atoms with Crippen molar-refractivity contribution in [2.75, 3.05) is 19.5 Å². The number of benzene rings is 3. The number of carbonyl (C=O) groups excluding carboxylic acids is 1. The fourth-order valence-electron chi connectivity index (χ4n) is 5.00. The number of para-hydroxylation sites is 1. The zero-order chi connectivity index (χ0) is 30.1. The molecule has 0 fully saturated rings. The number of halogens is 1. The predicted octanol–water partition coefficient (Wildman–Crippen LogP) is 5.91. The number of hydrogen-bond acceptors (Lipinski definition) is 7. The summed E-state index contributed by atoms with van der Waals surface area (Å²) in [5.41, 5.74) is 2.71. The van der Waals surface area contributed by atoms with E-state index in [2.05, 4.69) is 21.2 Å². The van der Waals surface area contributed by atoms with Gasteiger partial charge in [0.15, 0.2) is 4.80 Å². The minimum absolute atomic E-state index is 0.300.